The minimum Gasteiger partial charge on any atom is -0.326 e. The number of nitrogens with zero attached hydrogens (tertiary/aromatic N) is 4. The highest BCUT2D eigenvalue weighted by Crippen LogP contribution is 2.37. The van der Waals surface area contributed by atoms with Gasteiger partial charge in [-0.05, 0) is 74.7 Å². The molecule has 0 atom stereocenters. The van der Waals surface area contributed by atoms with Gasteiger partial charge in [0.05, 0.1) is 16.7 Å². The van der Waals surface area contributed by atoms with E-state index in [2.05, 4.69) is 32.9 Å². The van der Waals surface area contributed by atoms with Crippen molar-refractivity contribution in [3.05, 3.63) is 59.2 Å². The summed E-state index contributed by atoms with van der Waals surface area (Å²) in [5, 5.41) is 5.92. The van der Waals surface area contributed by atoms with Crippen LogP contribution in [0.2, 0.25) is 0 Å². The van der Waals surface area contributed by atoms with Crippen LogP contribution < -0.4 is 9.62 Å². The summed E-state index contributed by atoms with van der Waals surface area (Å²) in [6.07, 6.45) is 2.00. The molecule has 2 aromatic carbocycles. The molecule has 0 radical (unpaired) electrons. The molecule has 0 spiro atoms. The molecule has 34 heavy (non-hydrogen) atoms. The zero-order valence-electron chi connectivity index (χ0n) is 20.0. The second kappa shape index (κ2) is 9.07. The van der Waals surface area contributed by atoms with Crippen LogP contribution in [0.1, 0.15) is 37.5 Å². The lowest BCUT2D eigenvalue weighted by Gasteiger charge is -2.32. The summed E-state index contributed by atoms with van der Waals surface area (Å²) in [4.78, 5) is 19.1. The number of anilines is 2. The Morgan fingerprint density at radius 2 is 1.91 bits per heavy atom. The van der Waals surface area contributed by atoms with E-state index in [1.54, 1.807) is 19.2 Å². The van der Waals surface area contributed by atoms with Gasteiger partial charge in [-0.1, -0.05) is 17.8 Å². The van der Waals surface area contributed by atoms with Crippen LogP contribution in [0, 0.1) is 0 Å². The van der Waals surface area contributed by atoms with Crippen LogP contribution in [0.5, 0.6) is 0 Å². The highest BCUT2D eigenvalue weighted by Gasteiger charge is 2.37. The number of carbonyl (C=O) groups excluding carboxylic acids is 1. The van der Waals surface area contributed by atoms with E-state index in [1.807, 2.05) is 32.9 Å². The van der Waals surface area contributed by atoms with Crippen molar-refractivity contribution in [3.8, 4) is 0 Å². The summed E-state index contributed by atoms with van der Waals surface area (Å²) in [5.41, 5.74) is 5.65. The molecule has 1 amide bonds. The quantitative estimate of drug-likeness (QED) is 0.492. The average molecular weight is 500 g/mol. The summed E-state index contributed by atoms with van der Waals surface area (Å²) >= 11 is 1.29. The summed E-state index contributed by atoms with van der Waals surface area (Å²) in [6, 6.07) is 13.6. The molecule has 0 saturated carbocycles. The van der Waals surface area contributed by atoms with Crippen molar-refractivity contribution in [3.63, 3.8) is 0 Å². The van der Waals surface area contributed by atoms with E-state index in [1.165, 1.54) is 22.3 Å². The number of sulfonamides is 1. The van der Waals surface area contributed by atoms with Crippen LogP contribution >= 0.6 is 11.8 Å². The Kier molecular flexibility index (Phi) is 6.48. The fourth-order valence-corrected chi connectivity index (χ4v) is 5.63. The molecule has 0 aliphatic carbocycles. The predicted octanol–water partition coefficient (Wildman–Crippen LogP) is 4.17. The largest absolute Gasteiger partial charge is 0.326 e. The van der Waals surface area contributed by atoms with Crippen molar-refractivity contribution in [1.82, 2.24) is 5.01 Å². The van der Waals surface area contributed by atoms with E-state index < -0.39 is 14.8 Å². The first-order valence-electron chi connectivity index (χ1n) is 11.1. The number of nitrogens with one attached hydrogen (secondary N) is 1. The van der Waals surface area contributed by atoms with E-state index in [9.17, 15) is 13.2 Å². The lowest BCUT2D eigenvalue weighted by Crippen LogP contribution is -2.39. The first-order valence-corrected chi connectivity index (χ1v) is 13.8. The fraction of sp³-hybridized carbons (Fsp3) is 0.375. The summed E-state index contributed by atoms with van der Waals surface area (Å²) in [6.45, 7) is 7.47. The lowest BCUT2D eigenvalue weighted by atomic mass is 9.96. The Bertz CT molecular complexity index is 1280. The smallest absolute Gasteiger partial charge is 0.302 e. The topological polar surface area (TPSA) is 94.4 Å². The third kappa shape index (κ3) is 4.97. The van der Waals surface area contributed by atoms with Crippen molar-refractivity contribution in [2.75, 3.05) is 36.0 Å². The van der Waals surface area contributed by atoms with Gasteiger partial charge >= 0.3 is 5.24 Å². The highest BCUT2D eigenvalue weighted by molar-refractivity contribution is 8.15. The Hall–Kier alpha value is -2.85. The maximum absolute atomic E-state index is 12.1. The molecule has 2 aromatic rings. The zero-order chi connectivity index (χ0) is 24.7. The standard InChI is InChI=1S/C24H29N5O3S2/c1-6-25-22(16-7-10-19(11-8-16)27-34(5,31)32)29-14-13-17-15-18(9-12-20(17)29)21-24(2,3)33-23(30)28(4)26-21/h7-12,15,27H,6,13-14H2,1-5H3/b25-22-. The van der Waals surface area contributed by atoms with Crippen molar-refractivity contribution in [1.29, 1.82) is 0 Å². The molecule has 2 aliphatic heterocycles. The van der Waals surface area contributed by atoms with Gasteiger partial charge in [0, 0.05) is 37.1 Å². The molecule has 0 unspecified atom stereocenters. The van der Waals surface area contributed by atoms with Crippen molar-refractivity contribution >= 4 is 49.9 Å². The number of carbonyl (C=O) groups is 1. The minimum atomic E-state index is -3.33. The number of amidine groups is 1. The number of rotatable bonds is 5. The molecule has 8 nitrogen and oxygen atoms in total. The average Bonchev–Trinajstić information content (AvgIpc) is 3.17. The van der Waals surface area contributed by atoms with Crippen LogP contribution in [0.15, 0.2) is 52.6 Å². The summed E-state index contributed by atoms with van der Waals surface area (Å²) in [7, 11) is -1.64. The van der Waals surface area contributed by atoms with E-state index in [4.69, 9.17) is 4.99 Å². The molecule has 10 heteroatoms. The van der Waals surface area contributed by atoms with Gasteiger partial charge in [0.25, 0.3) is 0 Å². The Morgan fingerprint density at radius 3 is 2.56 bits per heavy atom. The van der Waals surface area contributed by atoms with Crippen molar-refractivity contribution in [2.45, 2.75) is 31.9 Å². The van der Waals surface area contributed by atoms with Crippen LogP contribution in [0.4, 0.5) is 16.2 Å². The molecular weight excluding hydrogens is 470 g/mol. The summed E-state index contributed by atoms with van der Waals surface area (Å²) in [5.74, 6) is 0.858. The number of benzene rings is 2. The Labute approximate surface area is 205 Å². The molecule has 1 N–H and O–H groups in total. The maximum atomic E-state index is 12.1. The van der Waals surface area contributed by atoms with Crippen LogP contribution in [-0.2, 0) is 16.4 Å². The number of hydrazone groups is 1. The SMILES string of the molecule is CC/N=C(/c1ccc(NS(C)(=O)=O)cc1)N1CCc2cc(C3=NN(C)C(=O)SC3(C)C)ccc21. The van der Waals surface area contributed by atoms with Gasteiger partial charge in [0.1, 0.15) is 5.84 Å². The molecular formula is C24H29N5O3S2. The second-order valence-corrected chi connectivity index (χ2v) is 12.2. The molecule has 2 heterocycles. The second-order valence-electron chi connectivity index (χ2n) is 8.85. The van der Waals surface area contributed by atoms with E-state index in [-0.39, 0.29) is 5.24 Å². The maximum Gasteiger partial charge on any atom is 0.302 e. The van der Waals surface area contributed by atoms with Crippen LogP contribution in [-0.4, -0.2) is 61.4 Å². The lowest BCUT2D eigenvalue weighted by molar-refractivity contribution is 0.234. The number of hydrogen-bond acceptors (Lipinski definition) is 6. The van der Waals surface area contributed by atoms with Crippen LogP contribution in [0.25, 0.3) is 0 Å². The number of thioether (sulfide) groups is 1. The van der Waals surface area contributed by atoms with Gasteiger partial charge in [-0.15, -0.1) is 0 Å². The Balaban J connectivity index is 1.65. The number of amides is 1. The van der Waals surface area contributed by atoms with E-state index in [0.717, 1.165) is 47.6 Å². The van der Waals surface area contributed by atoms with Gasteiger partial charge in [0.2, 0.25) is 10.0 Å². The van der Waals surface area contributed by atoms with Crippen molar-refractivity contribution < 1.29 is 13.2 Å². The normalized spacial score (nSPS) is 18.1. The molecule has 180 valence electrons. The molecule has 0 saturated heterocycles. The monoisotopic (exact) mass is 499 g/mol. The van der Waals surface area contributed by atoms with Gasteiger partial charge in [-0.2, -0.15) is 5.10 Å². The molecule has 2 aliphatic rings. The Morgan fingerprint density at radius 1 is 1.21 bits per heavy atom. The predicted molar refractivity (Wildman–Crippen MR) is 141 cm³/mol. The highest BCUT2D eigenvalue weighted by atomic mass is 32.2. The number of aliphatic imine (C=N–C) groups is 1. The van der Waals surface area contributed by atoms with Crippen LogP contribution in [0.3, 0.4) is 0 Å². The molecule has 4 rings (SSSR count). The van der Waals surface area contributed by atoms with E-state index >= 15 is 0 Å². The summed E-state index contributed by atoms with van der Waals surface area (Å²) < 4.78 is 25.1. The first kappa shape index (κ1) is 24.3. The van der Waals surface area contributed by atoms with Gasteiger partial charge in [-0.25, -0.2) is 13.4 Å². The first-order chi connectivity index (χ1) is 16.0. The van der Waals surface area contributed by atoms with E-state index in [0.29, 0.717) is 12.2 Å². The third-order valence-electron chi connectivity index (χ3n) is 5.69. The minimum absolute atomic E-state index is 0.0562. The van der Waals surface area contributed by atoms with Gasteiger partial charge in [0.15, 0.2) is 0 Å². The number of fused-ring (bicyclic) bond motifs is 1. The molecule has 0 fully saturated rings. The zero-order valence-corrected chi connectivity index (χ0v) is 21.6. The van der Waals surface area contributed by atoms with Crippen molar-refractivity contribution in [2.24, 2.45) is 10.1 Å². The molecule has 0 bridgehead atoms. The number of hydrogen-bond donors (Lipinski definition) is 1. The fourth-order valence-electron chi connectivity index (χ4n) is 4.20. The van der Waals surface area contributed by atoms with Gasteiger partial charge < -0.3 is 4.90 Å². The molecule has 0 aromatic heterocycles. The third-order valence-corrected chi connectivity index (χ3v) is 7.43. The van der Waals surface area contributed by atoms with Gasteiger partial charge in [-0.3, -0.25) is 14.5 Å².